The Morgan fingerprint density at radius 1 is 0.750 bits per heavy atom. The van der Waals surface area contributed by atoms with E-state index >= 15 is 0 Å². The Labute approximate surface area is 145 Å². The van der Waals surface area contributed by atoms with E-state index in [1.807, 2.05) is 42.5 Å². The van der Waals surface area contributed by atoms with E-state index in [1.165, 1.54) is 10.8 Å². The van der Waals surface area contributed by atoms with E-state index in [1.54, 1.807) is 0 Å². The fourth-order valence-corrected chi connectivity index (χ4v) is 3.16. The van der Waals surface area contributed by atoms with Gasteiger partial charge in [0.15, 0.2) is 0 Å². The Balaban J connectivity index is 1.97. The number of benzene rings is 4. The lowest BCUT2D eigenvalue weighted by atomic mass is 10.0. The van der Waals surface area contributed by atoms with Gasteiger partial charge >= 0.3 is 0 Å². The fourth-order valence-electron chi connectivity index (χ4n) is 2.97. The van der Waals surface area contributed by atoms with Crippen LogP contribution in [-0.2, 0) is 0 Å². The maximum absolute atomic E-state index is 6.22. The smallest absolute Gasteiger partial charge is 0.131 e. The monoisotopic (exact) mass is 330 g/mol. The molecule has 24 heavy (non-hydrogen) atoms. The molecule has 2 nitrogen and oxygen atoms in total. The molecular weight excluding hydrogens is 316 g/mol. The molecule has 0 aromatic heterocycles. The molecule has 3 heteroatoms. The van der Waals surface area contributed by atoms with Crippen molar-refractivity contribution in [2.45, 2.75) is 0 Å². The van der Waals surface area contributed by atoms with Crippen molar-refractivity contribution in [3.05, 3.63) is 89.4 Å². The van der Waals surface area contributed by atoms with Crippen molar-refractivity contribution in [3.63, 3.8) is 0 Å². The maximum Gasteiger partial charge on any atom is 0.131 e. The topological polar surface area (TPSA) is 38.4 Å². The molecule has 0 saturated heterocycles. The van der Waals surface area contributed by atoms with Gasteiger partial charge in [0, 0.05) is 16.0 Å². The van der Waals surface area contributed by atoms with Gasteiger partial charge in [0.1, 0.15) is 5.84 Å². The lowest BCUT2D eigenvalue weighted by molar-refractivity contribution is 1.48. The second-order valence-corrected chi connectivity index (χ2v) is 6.11. The first-order chi connectivity index (χ1) is 11.7. The van der Waals surface area contributed by atoms with Crippen molar-refractivity contribution >= 4 is 44.7 Å². The number of amidine groups is 1. The molecule has 0 unspecified atom stereocenters. The molecule has 116 valence electrons. The molecule has 0 heterocycles. The van der Waals surface area contributed by atoms with Crippen LogP contribution in [0.5, 0.6) is 0 Å². The maximum atomic E-state index is 6.22. The van der Waals surface area contributed by atoms with Crippen LogP contribution in [0.4, 0.5) is 5.69 Å². The quantitative estimate of drug-likeness (QED) is 0.286. The Morgan fingerprint density at radius 3 is 2.25 bits per heavy atom. The fraction of sp³-hybridized carbons (Fsp3) is 0. The average Bonchev–Trinajstić information content (AvgIpc) is 2.62. The number of hydrogen-bond acceptors (Lipinski definition) is 1. The standard InChI is InChI=1S/C21H15ClN2/c22-16-8-5-7-15(12-16)21(23)24-20-13-14-6-1-2-9-17(14)18-10-3-4-11-19(18)20/h1-13H,(H2,23,24). The average molecular weight is 331 g/mol. The summed E-state index contributed by atoms with van der Waals surface area (Å²) in [7, 11) is 0. The van der Waals surface area contributed by atoms with Gasteiger partial charge in [-0.25, -0.2) is 4.99 Å². The number of aliphatic imine (C=N–C) groups is 1. The van der Waals surface area contributed by atoms with Gasteiger partial charge in [-0.15, -0.1) is 0 Å². The molecule has 4 aromatic rings. The Kier molecular flexibility index (Phi) is 3.68. The Hall–Kier alpha value is -2.84. The SMILES string of the molecule is NC(=Nc1cc2ccccc2c2ccccc12)c1cccc(Cl)c1. The molecule has 0 radical (unpaired) electrons. The molecule has 0 atom stereocenters. The molecule has 0 fully saturated rings. The predicted molar refractivity (Wildman–Crippen MR) is 103 cm³/mol. The first-order valence-corrected chi connectivity index (χ1v) is 8.11. The van der Waals surface area contributed by atoms with Gasteiger partial charge in [-0.05, 0) is 34.4 Å². The van der Waals surface area contributed by atoms with E-state index in [-0.39, 0.29) is 0 Å². The van der Waals surface area contributed by atoms with Crippen molar-refractivity contribution in [1.29, 1.82) is 0 Å². The first-order valence-electron chi connectivity index (χ1n) is 7.73. The number of hydrogen-bond donors (Lipinski definition) is 1. The third-order valence-electron chi connectivity index (χ3n) is 4.11. The highest BCUT2D eigenvalue weighted by Gasteiger charge is 2.07. The zero-order chi connectivity index (χ0) is 16.5. The molecule has 0 bridgehead atoms. The lowest BCUT2D eigenvalue weighted by Crippen LogP contribution is -2.12. The minimum Gasteiger partial charge on any atom is -0.383 e. The lowest BCUT2D eigenvalue weighted by Gasteiger charge is -2.08. The van der Waals surface area contributed by atoms with Crippen LogP contribution < -0.4 is 5.73 Å². The van der Waals surface area contributed by atoms with Gasteiger partial charge in [0.05, 0.1) is 5.69 Å². The molecule has 0 aliphatic carbocycles. The normalized spacial score (nSPS) is 12.0. The van der Waals surface area contributed by atoms with E-state index < -0.39 is 0 Å². The number of rotatable bonds is 2. The van der Waals surface area contributed by atoms with Gasteiger partial charge in [0.25, 0.3) is 0 Å². The summed E-state index contributed by atoms with van der Waals surface area (Å²) in [6.07, 6.45) is 0. The van der Waals surface area contributed by atoms with Crippen molar-refractivity contribution in [2.75, 3.05) is 0 Å². The Morgan fingerprint density at radius 2 is 1.46 bits per heavy atom. The van der Waals surface area contributed by atoms with Gasteiger partial charge in [-0.2, -0.15) is 0 Å². The van der Waals surface area contributed by atoms with Crippen molar-refractivity contribution < 1.29 is 0 Å². The highest BCUT2D eigenvalue weighted by molar-refractivity contribution is 6.31. The van der Waals surface area contributed by atoms with Gasteiger partial charge < -0.3 is 5.73 Å². The van der Waals surface area contributed by atoms with Gasteiger partial charge in [-0.3, -0.25) is 0 Å². The summed E-state index contributed by atoms with van der Waals surface area (Å²) in [5.41, 5.74) is 7.90. The molecule has 0 aliphatic rings. The van der Waals surface area contributed by atoms with Crippen molar-refractivity contribution in [1.82, 2.24) is 0 Å². The van der Waals surface area contributed by atoms with Crippen LogP contribution in [-0.4, -0.2) is 5.84 Å². The zero-order valence-corrected chi connectivity index (χ0v) is 13.7. The molecule has 0 saturated carbocycles. The molecule has 4 aromatic carbocycles. The molecule has 2 N–H and O–H groups in total. The number of nitrogens with zero attached hydrogens (tertiary/aromatic N) is 1. The number of halogens is 1. The van der Waals surface area contributed by atoms with Gasteiger partial charge in [0.2, 0.25) is 0 Å². The molecule has 0 amide bonds. The summed E-state index contributed by atoms with van der Waals surface area (Å²) in [6.45, 7) is 0. The number of fused-ring (bicyclic) bond motifs is 3. The van der Waals surface area contributed by atoms with Crippen molar-refractivity contribution in [3.8, 4) is 0 Å². The zero-order valence-electron chi connectivity index (χ0n) is 12.9. The summed E-state index contributed by atoms with van der Waals surface area (Å²) in [5, 5.41) is 5.27. The van der Waals surface area contributed by atoms with Crippen LogP contribution in [0.2, 0.25) is 5.02 Å². The molecule has 4 rings (SSSR count). The highest BCUT2D eigenvalue weighted by atomic mass is 35.5. The van der Waals surface area contributed by atoms with E-state index in [0.29, 0.717) is 10.9 Å². The predicted octanol–water partition coefficient (Wildman–Crippen LogP) is 5.68. The summed E-state index contributed by atoms with van der Waals surface area (Å²) >= 11 is 6.05. The Bertz CT molecular complexity index is 1080. The number of nitrogens with two attached hydrogens (primary N) is 1. The highest BCUT2D eigenvalue weighted by Crippen LogP contribution is 2.33. The first kappa shape index (κ1) is 14.7. The van der Waals surface area contributed by atoms with Crippen molar-refractivity contribution in [2.24, 2.45) is 10.7 Å². The second kappa shape index (κ2) is 5.99. The largest absolute Gasteiger partial charge is 0.383 e. The second-order valence-electron chi connectivity index (χ2n) is 5.67. The molecule has 0 aliphatic heterocycles. The molecule has 0 spiro atoms. The molecular formula is C21H15ClN2. The van der Waals surface area contributed by atoms with Crippen LogP contribution >= 0.6 is 11.6 Å². The third-order valence-corrected chi connectivity index (χ3v) is 4.34. The van der Waals surface area contributed by atoms with Crippen LogP contribution in [0.15, 0.2) is 83.9 Å². The van der Waals surface area contributed by atoms with E-state index in [4.69, 9.17) is 17.3 Å². The summed E-state index contributed by atoms with van der Waals surface area (Å²) in [5.74, 6) is 0.456. The summed E-state index contributed by atoms with van der Waals surface area (Å²) in [4.78, 5) is 4.68. The minimum absolute atomic E-state index is 0.456. The third kappa shape index (κ3) is 2.61. The minimum atomic E-state index is 0.456. The van der Waals surface area contributed by atoms with Crippen LogP contribution in [0.25, 0.3) is 21.5 Å². The summed E-state index contributed by atoms with van der Waals surface area (Å²) < 4.78 is 0. The van der Waals surface area contributed by atoms with Gasteiger partial charge in [-0.1, -0.05) is 72.3 Å². The summed E-state index contributed by atoms with van der Waals surface area (Å²) in [6, 6.07) is 26.1. The van der Waals surface area contributed by atoms with Crippen LogP contribution in [0, 0.1) is 0 Å². The van der Waals surface area contributed by atoms with Crippen LogP contribution in [0.3, 0.4) is 0 Å². The van der Waals surface area contributed by atoms with E-state index in [2.05, 4.69) is 41.4 Å². The van der Waals surface area contributed by atoms with Crippen LogP contribution in [0.1, 0.15) is 5.56 Å². The van der Waals surface area contributed by atoms with E-state index in [0.717, 1.165) is 22.0 Å². The van der Waals surface area contributed by atoms with E-state index in [9.17, 15) is 0 Å².